The summed E-state index contributed by atoms with van der Waals surface area (Å²) < 4.78 is 5.47. The molecule has 1 N–H and O–H groups in total. The highest BCUT2D eigenvalue weighted by Crippen LogP contribution is 2.33. The molecule has 0 aromatic rings. The Morgan fingerprint density at radius 1 is 1.25 bits per heavy atom. The van der Waals surface area contributed by atoms with Crippen LogP contribution in [0.4, 0.5) is 0 Å². The standard InChI is InChI=1S/C16H30N2O2/c1-4-6-13-15(19)18(14(17-13)7-5-2)12-16(3)8-10-20-11-9-16/h13-14,17H,4-12H2,1-3H3. The zero-order valence-electron chi connectivity index (χ0n) is 13.3. The van der Waals surface area contributed by atoms with Gasteiger partial charge in [-0.25, -0.2) is 0 Å². The van der Waals surface area contributed by atoms with Gasteiger partial charge in [-0.15, -0.1) is 0 Å². The third kappa shape index (κ3) is 3.53. The lowest BCUT2D eigenvalue weighted by molar-refractivity contribution is -0.132. The van der Waals surface area contributed by atoms with Crippen LogP contribution in [-0.4, -0.2) is 42.8 Å². The van der Waals surface area contributed by atoms with Crippen LogP contribution in [0, 0.1) is 5.41 Å². The summed E-state index contributed by atoms with van der Waals surface area (Å²) in [7, 11) is 0. The molecule has 0 radical (unpaired) electrons. The minimum Gasteiger partial charge on any atom is -0.381 e. The molecule has 0 saturated carbocycles. The van der Waals surface area contributed by atoms with E-state index in [-0.39, 0.29) is 17.6 Å². The number of hydrogen-bond acceptors (Lipinski definition) is 3. The predicted molar refractivity (Wildman–Crippen MR) is 80.4 cm³/mol. The van der Waals surface area contributed by atoms with Gasteiger partial charge in [-0.3, -0.25) is 10.1 Å². The summed E-state index contributed by atoms with van der Waals surface area (Å²) in [6.07, 6.45) is 6.54. The van der Waals surface area contributed by atoms with Gasteiger partial charge in [0, 0.05) is 19.8 Å². The van der Waals surface area contributed by atoms with Crippen molar-refractivity contribution in [3.63, 3.8) is 0 Å². The molecule has 0 bridgehead atoms. The molecule has 1 amide bonds. The van der Waals surface area contributed by atoms with E-state index >= 15 is 0 Å². The van der Waals surface area contributed by atoms with Gasteiger partial charge in [0.15, 0.2) is 0 Å². The maximum Gasteiger partial charge on any atom is 0.241 e. The Labute approximate surface area is 123 Å². The topological polar surface area (TPSA) is 41.6 Å². The monoisotopic (exact) mass is 282 g/mol. The predicted octanol–water partition coefficient (Wildman–Crippen LogP) is 2.53. The first kappa shape index (κ1) is 15.8. The molecule has 0 aromatic heterocycles. The highest BCUT2D eigenvalue weighted by Gasteiger charge is 2.41. The summed E-state index contributed by atoms with van der Waals surface area (Å²) in [4.78, 5) is 14.7. The quantitative estimate of drug-likeness (QED) is 0.814. The minimum atomic E-state index is 0.0417. The van der Waals surface area contributed by atoms with Gasteiger partial charge in [0.25, 0.3) is 0 Å². The fourth-order valence-electron chi connectivity index (χ4n) is 3.38. The first-order chi connectivity index (χ1) is 9.59. The molecule has 2 unspecified atom stereocenters. The smallest absolute Gasteiger partial charge is 0.241 e. The molecule has 116 valence electrons. The highest BCUT2D eigenvalue weighted by molar-refractivity contribution is 5.84. The van der Waals surface area contributed by atoms with Gasteiger partial charge in [0.2, 0.25) is 5.91 Å². The summed E-state index contributed by atoms with van der Waals surface area (Å²) in [5, 5.41) is 3.54. The number of ether oxygens (including phenoxy) is 1. The van der Waals surface area contributed by atoms with Gasteiger partial charge in [-0.2, -0.15) is 0 Å². The fraction of sp³-hybridized carbons (Fsp3) is 0.938. The van der Waals surface area contributed by atoms with Crippen molar-refractivity contribution in [2.75, 3.05) is 19.8 Å². The molecular weight excluding hydrogens is 252 g/mol. The van der Waals surface area contributed by atoms with Gasteiger partial charge >= 0.3 is 0 Å². The number of nitrogens with one attached hydrogen (secondary N) is 1. The lowest BCUT2D eigenvalue weighted by Crippen LogP contribution is -2.45. The number of carbonyl (C=O) groups is 1. The summed E-state index contributed by atoms with van der Waals surface area (Å²) >= 11 is 0. The average Bonchev–Trinajstić information content (AvgIpc) is 2.69. The van der Waals surface area contributed by atoms with Crippen LogP contribution in [-0.2, 0) is 9.53 Å². The van der Waals surface area contributed by atoms with Crippen LogP contribution in [0.25, 0.3) is 0 Å². The Morgan fingerprint density at radius 2 is 1.90 bits per heavy atom. The fourth-order valence-corrected chi connectivity index (χ4v) is 3.38. The molecule has 4 heteroatoms. The summed E-state index contributed by atoms with van der Waals surface area (Å²) in [6, 6.07) is 0.0417. The third-order valence-corrected chi connectivity index (χ3v) is 4.74. The Morgan fingerprint density at radius 3 is 2.50 bits per heavy atom. The van der Waals surface area contributed by atoms with E-state index in [1.165, 1.54) is 0 Å². The van der Waals surface area contributed by atoms with E-state index in [9.17, 15) is 4.79 Å². The van der Waals surface area contributed by atoms with Crippen LogP contribution in [0.1, 0.15) is 59.3 Å². The van der Waals surface area contributed by atoms with E-state index in [1.54, 1.807) is 0 Å². The van der Waals surface area contributed by atoms with E-state index in [2.05, 4.69) is 31.0 Å². The van der Waals surface area contributed by atoms with Crippen molar-refractivity contribution in [1.82, 2.24) is 10.2 Å². The van der Waals surface area contributed by atoms with Crippen LogP contribution in [0.2, 0.25) is 0 Å². The first-order valence-electron chi connectivity index (χ1n) is 8.24. The second-order valence-electron chi connectivity index (χ2n) is 6.70. The number of carbonyl (C=O) groups excluding carboxylic acids is 1. The second kappa shape index (κ2) is 6.90. The molecule has 2 aliphatic rings. The molecule has 2 saturated heterocycles. The number of hydrogen-bond donors (Lipinski definition) is 1. The van der Waals surface area contributed by atoms with Gasteiger partial charge < -0.3 is 9.64 Å². The molecule has 2 atom stereocenters. The third-order valence-electron chi connectivity index (χ3n) is 4.74. The SMILES string of the molecule is CCCC1NC(CCC)N(CC2(C)CCOCC2)C1=O. The molecule has 2 heterocycles. The van der Waals surface area contributed by atoms with Crippen LogP contribution in [0.15, 0.2) is 0 Å². The van der Waals surface area contributed by atoms with Crippen molar-refractivity contribution in [2.45, 2.75) is 71.5 Å². The van der Waals surface area contributed by atoms with Crippen molar-refractivity contribution in [1.29, 1.82) is 0 Å². The maximum atomic E-state index is 12.6. The Hall–Kier alpha value is -0.610. The van der Waals surface area contributed by atoms with Gasteiger partial charge in [-0.1, -0.05) is 33.6 Å². The summed E-state index contributed by atoms with van der Waals surface area (Å²) in [6.45, 7) is 9.19. The Bertz CT molecular complexity index is 326. The van der Waals surface area contributed by atoms with Crippen LogP contribution in [0.3, 0.4) is 0 Å². The molecule has 2 rings (SSSR count). The summed E-state index contributed by atoms with van der Waals surface area (Å²) in [5.41, 5.74) is 0.225. The van der Waals surface area contributed by atoms with Crippen molar-refractivity contribution in [2.24, 2.45) is 5.41 Å². The van der Waals surface area contributed by atoms with Crippen LogP contribution < -0.4 is 5.32 Å². The van der Waals surface area contributed by atoms with E-state index in [1.807, 2.05) is 0 Å². The van der Waals surface area contributed by atoms with Crippen molar-refractivity contribution < 1.29 is 9.53 Å². The van der Waals surface area contributed by atoms with E-state index in [0.29, 0.717) is 5.91 Å². The van der Waals surface area contributed by atoms with Crippen molar-refractivity contribution >= 4 is 5.91 Å². The molecule has 0 aromatic carbocycles. The molecule has 0 aliphatic carbocycles. The largest absolute Gasteiger partial charge is 0.381 e. The number of amides is 1. The lowest BCUT2D eigenvalue weighted by Gasteiger charge is -2.38. The molecule has 2 aliphatic heterocycles. The molecule has 2 fully saturated rings. The van der Waals surface area contributed by atoms with E-state index in [4.69, 9.17) is 4.74 Å². The minimum absolute atomic E-state index is 0.0417. The maximum absolute atomic E-state index is 12.6. The number of nitrogens with zero attached hydrogens (tertiary/aromatic N) is 1. The molecule has 20 heavy (non-hydrogen) atoms. The summed E-state index contributed by atoms with van der Waals surface area (Å²) in [5.74, 6) is 0.318. The Kier molecular flexibility index (Phi) is 5.44. The van der Waals surface area contributed by atoms with Crippen LogP contribution in [0.5, 0.6) is 0 Å². The van der Waals surface area contributed by atoms with E-state index < -0.39 is 0 Å². The first-order valence-corrected chi connectivity index (χ1v) is 8.24. The Balaban J connectivity index is 2.03. The van der Waals surface area contributed by atoms with Crippen LogP contribution >= 0.6 is 0 Å². The lowest BCUT2D eigenvalue weighted by atomic mass is 9.81. The normalized spacial score (nSPS) is 29.9. The second-order valence-corrected chi connectivity index (χ2v) is 6.70. The van der Waals surface area contributed by atoms with Gasteiger partial charge in [-0.05, 0) is 31.1 Å². The highest BCUT2D eigenvalue weighted by atomic mass is 16.5. The van der Waals surface area contributed by atoms with Crippen molar-refractivity contribution in [3.05, 3.63) is 0 Å². The van der Waals surface area contributed by atoms with Gasteiger partial charge in [0.05, 0.1) is 12.2 Å². The average molecular weight is 282 g/mol. The number of rotatable bonds is 6. The van der Waals surface area contributed by atoms with Crippen molar-refractivity contribution in [3.8, 4) is 0 Å². The zero-order chi connectivity index (χ0) is 14.6. The molecule has 0 spiro atoms. The molecular formula is C16H30N2O2. The van der Waals surface area contributed by atoms with Gasteiger partial charge in [0.1, 0.15) is 0 Å². The zero-order valence-corrected chi connectivity index (χ0v) is 13.3. The van der Waals surface area contributed by atoms with E-state index in [0.717, 1.165) is 58.3 Å². The molecule has 4 nitrogen and oxygen atoms in total.